The number of nitrogens with one attached hydrogen (secondary N) is 3. The predicted molar refractivity (Wildman–Crippen MR) is 120 cm³/mol. The zero-order valence-electron chi connectivity index (χ0n) is 16.5. The zero-order valence-corrected chi connectivity index (χ0v) is 17.3. The smallest absolute Gasteiger partial charge is 0.234 e. The van der Waals surface area contributed by atoms with Gasteiger partial charge in [0.05, 0.1) is 6.42 Å². The number of rotatable bonds is 7. The van der Waals surface area contributed by atoms with Crippen LogP contribution in [-0.2, 0) is 11.2 Å². The van der Waals surface area contributed by atoms with Crippen LogP contribution in [0, 0.1) is 6.92 Å². The Hall–Kier alpha value is -4.05. The number of carbonyl (C=O) groups is 1. The maximum atomic E-state index is 12.2. The van der Waals surface area contributed by atoms with Crippen molar-refractivity contribution in [3.05, 3.63) is 71.5 Å². The van der Waals surface area contributed by atoms with Gasteiger partial charge in [-0.25, -0.2) is 4.98 Å². The van der Waals surface area contributed by atoms with Gasteiger partial charge >= 0.3 is 0 Å². The number of hydrogen-bond acceptors (Lipinski definition) is 9. The fourth-order valence-electron chi connectivity index (χ4n) is 2.70. The van der Waals surface area contributed by atoms with Crippen LogP contribution in [0.4, 0.5) is 28.4 Å². The number of hydrogen-bond donors (Lipinski definition) is 4. The van der Waals surface area contributed by atoms with Crippen molar-refractivity contribution >= 4 is 45.6 Å². The van der Waals surface area contributed by atoms with Gasteiger partial charge in [-0.2, -0.15) is 15.0 Å². The van der Waals surface area contributed by atoms with Crippen molar-refractivity contribution in [3.8, 4) is 5.75 Å². The lowest BCUT2D eigenvalue weighted by Crippen LogP contribution is -2.13. The molecule has 0 atom stereocenters. The monoisotopic (exact) mass is 433 g/mol. The largest absolute Gasteiger partial charge is 0.508 e. The SMILES string of the molecule is Cc1nc(Nc2ccc(O)cc2)nc(Nc2ncc(CC(=O)Nc3ccccc3)s2)n1. The van der Waals surface area contributed by atoms with E-state index in [-0.39, 0.29) is 18.1 Å². The van der Waals surface area contributed by atoms with E-state index < -0.39 is 0 Å². The van der Waals surface area contributed by atoms with Gasteiger partial charge in [-0.05, 0) is 43.3 Å². The molecule has 4 rings (SSSR count). The second-order valence-electron chi connectivity index (χ2n) is 6.55. The molecule has 10 heteroatoms. The summed E-state index contributed by atoms with van der Waals surface area (Å²) in [6.07, 6.45) is 1.87. The van der Waals surface area contributed by atoms with Gasteiger partial charge in [0.15, 0.2) is 5.13 Å². The maximum absolute atomic E-state index is 12.2. The average Bonchev–Trinajstić information content (AvgIpc) is 3.16. The van der Waals surface area contributed by atoms with E-state index in [0.29, 0.717) is 22.9 Å². The third-order valence-corrected chi connectivity index (χ3v) is 4.95. The molecule has 0 aliphatic heterocycles. The Labute approximate surface area is 182 Å². The Morgan fingerprint density at radius 2 is 1.65 bits per heavy atom. The van der Waals surface area contributed by atoms with E-state index in [9.17, 15) is 9.90 Å². The number of aromatic nitrogens is 4. The summed E-state index contributed by atoms with van der Waals surface area (Å²) in [4.78, 5) is 30.2. The van der Waals surface area contributed by atoms with E-state index in [4.69, 9.17) is 0 Å². The summed E-state index contributed by atoms with van der Waals surface area (Å²) in [5.74, 6) is 1.29. The molecule has 0 spiro atoms. The number of phenols is 1. The minimum absolute atomic E-state index is 0.113. The Bertz CT molecular complexity index is 1180. The summed E-state index contributed by atoms with van der Waals surface area (Å²) in [6.45, 7) is 1.76. The second-order valence-corrected chi connectivity index (χ2v) is 7.66. The number of nitrogens with zero attached hydrogens (tertiary/aromatic N) is 4. The number of benzene rings is 2. The lowest BCUT2D eigenvalue weighted by atomic mass is 10.3. The molecule has 4 aromatic rings. The molecule has 9 nitrogen and oxygen atoms in total. The number of thiazole rings is 1. The molecule has 31 heavy (non-hydrogen) atoms. The molecule has 0 radical (unpaired) electrons. The van der Waals surface area contributed by atoms with E-state index in [0.717, 1.165) is 16.3 Å². The van der Waals surface area contributed by atoms with E-state index in [1.807, 2.05) is 30.3 Å². The molecule has 2 aromatic carbocycles. The summed E-state index contributed by atoms with van der Waals surface area (Å²) in [7, 11) is 0. The molecular formula is C21H19N7O2S. The molecule has 156 valence electrons. The van der Waals surface area contributed by atoms with Gasteiger partial charge in [0.2, 0.25) is 17.8 Å². The maximum Gasteiger partial charge on any atom is 0.234 e. The van der Waals surface area contributed by atoms with Gasteiger partial charge in [0.25, 0.3) is 0 Å². The van der Waals surface area contributed by atoms with Crippen molar-refractivity contribution in [3.63, 3.8) is 0 Å². The molecule has 4 N–H and O–H groups in total. The Balaban J connectivity index is 1.40. The van der Waals surface area contributed by atoms with Crippen molar-refractivity contribution in [2.24, 2.45) is 0 Å². The molecule has 0 saturated heterocycles. The van der Waals surface area contributed by atoms with Gasteiger partial charge in [-0.15, -0.1) is 11.3 Å². The number of amides is 1. The number of para-hydroxylation sites is 1. The van der Waals surface area contributed by atoms with Crippen molar-refractivity contribution in [2.45, 2.75) is 13.3 Å². The van der Waals surface area contributed by atoms with Crippen LogP contribution in [-0.4, -0.2) is 30.9 Å². The van der Waals surface area contributed by atoms with E-state index in [1.54, 1.807) is 37.4 Å². The summed E-state index contributed by atoms with van der Waals surface area (Å²) >= 11 is 1.35. The normalized spacial score (nSPS) is 10.5. The first-order valence-corrected chi connectivity index (χ1v) is 10.2. The van der Waals surface area contributed by atoms with Gasteiger partial charge in [0, 0.05) is 22.4 Å². The molecular weight excluding hydrogens is 414 g/mol. The van der Waals surface area contributed by atoms with Crippen LogP contribution in [0.3, 0.4) is 0 Å². The minimum Gasteiger partial charge on any atom is -0.508 e. The van der Waals surface area contributed by atoms with Crippen LogP contribution in [0.25, 0.3) is 0 Å². The minimum atomic E-state index is -0.113. The van der Waals surface area contributed by atoms with Crippen molar-refractivity contribution < 1.29 is 9.90 Å². The van der Waals surface area contributed by atoms with Crippen LogP contribution < -0.4 is 16.0 Å². The van der Waals surface area contributed by atoms with Crippen molar-refractivity contribution in [1.29, 1.82) is 0 Å². The quantitative estimate of drug-likeness (QED) is 0.322. The lowest BCUT2D eigenvalue weighted by molar-refractivity contribution is -0.115. The molecule has 0 bridgehead atoms. The number of anilines is 5. The van der Waals surface area contributed by atoms with Crippen LogP contribution in [0.1, 0.15) is 10.7 Å². The Kier molecular flexibility index (Phi) is 5.99. The third-order valence-electron chi connectivity index (χ3n) is 4.04. The highest BCUT2D eigenvalue weighted by Gasteiger charge is 2.11. The zero-order chi connectivity index (χ0) is 21.6. The summed E-state index contributed by atoms with van der Waals surface area (Å²) < 4.78 is 0. The van der Waals surface area contributed by atoms with Gasteiger partial charge in [-0.3, -0.25) is 10.1 Å². The number of aryl methyl sites for hydroxylation is 1. The highest BCUT2D eigenvalue weighted by Crippen LogP contribution is 2.23. The molecule has 0 fully saturated rings. The highest BCUT2D eigenvalue weighted by molar-refractivity contribution is 7.15. The molecule has 0 aliphatic rings. The second kappa shape index (κ2) is 9.18. The summed E-state index contributed by atoms with van der Waals surface area (Å²) in [5, 5.41) is 18.9. The third kappa shape index (κ3) is 5.73. The molecule has 0 aliphatic carbocycles. The Morgan fingerprint density at radius 3 is 2.39 bits per heavy atom. The fourth-order valence-corrected chi connectivity index (χ4v) is 3.50. The molecule has 0 unspecified atom stereocenters. The predicted octanol–water partition coefficient (Wildman–Crippen LogP) is 4.01. The van der Waals surface area contributed by atoms with Crippen molar-refractivity contribution in [2.75, 3.05) is 16.0 Å². The lowest BCUT2D eigenvalue weighted by Gasteiger charge is -2.07. The molecule has 2 heterocycles. The number of carbonyl (C=O) groups excluding carboxylic acids is 1. The number of phenolic OH excluding ortho intramolecular Hbond substituents is 1. The van der Waals surface area contributed by atoms with Gasteiger partial charge < -0.3 is 15.7 Å². The average molecular weight is 433 g/mol. The first-order valence-electron chi connectivity index (χ1n) is 9.39. The summed E-state index contributed by atoms with van der Waals surface area (Å²) in [6, 6.07) is 15.9. The first kappa shape index (κ1) is 20.2. The molecule has 1 amide bonds. The van der Waals surface area contributed by atoms with Gasteiger partial charge in [0.1, 0.15) is 11.6 Å². The number of aromatic hydroxyl groups is 1. The highest BCUT2D eigenvalue weighted by atomic mass is 32.1. The van der Waals surface area contributed by atoms with E-state index in [1.165, 1.54) is 11.3 Å². The first-order chi connectivity index (χ1) is 15.0. The molecule has 2 aromatic heterocycles. The van der Waals surface area contributed by atoms with Gasteiger partial charge in [-0.1, -0.05) is 18.2 Å². The van der Waals surface area contributed by atoms with Crippen LogP contribution in [0.2, 0.25) is 0 Å². The standard InChI is InChI=1S/C21H19N7O2S/c1-13-23-19(26-15-7-9-16(29)10-8-15)27-20(24-13)28-21-22-12-17(31-21)11-18(30)25-14-5-3-2-4-6-14/h2-10,12,29H,11H2,1H3,(H,25,30)(H2,22,23,24,26,27,28). The molecule has 0 saturated carbocycles. The van der Waals surface area contributed by atoms with Crippen LogP contribution in [0.15, 0.2) is 60.8 Å². The summed E-state index contributed by atoms with van der Waals surface area (Å²) in [5.41, 5.74) is 1.49. The van der Waals surface area contributed by atoms with Crippen molar-refractivity contribution in [1.82, 2.24) is 19.9 Å². The fraction of sp³-hybridized carbons (Fsp3) is 0.0952. The van der Waals surface area contributed by atoms with Crippen LogP contribution in [0.5, 0.6) is 5.75 Å². The topological polar surface area (TPSA) is 125 Å². The van der Waals surface area contributed by atoms with Crippen LogP contribution >= 0.6 is 11.3 Å². The van der Waals surface area contributed by atoms with E-state index in [2.05, 4.69) is 35.9 Å². The Morgan fingerprint density at radius 1 is 0.935 bits per heavy atom. The van der Waals surface area contributed by atoms with E-state index >= 15 is 0 Å².